The lowest BCUT2D eigenvalue weighted by atomic mass is 9.87. The van der Waals surface area contributed by atoms with Crippen molar-refractivity contribution in [2.75, 3.05) is 5.75 Å². The largest absolute Gasteiger partial charge is 0.388 e. The van der Waals surface area contributed by atoms with Crippen LogP contribution in [0.25, 0.3) is 0 Å². The van der Waals surface area contributed by atoms with Gasteiger partial charge in [0, 0.05) is 16.6 Å². The summed E-state index contributed by atoms with van der Waals surface area (Å²) in [6.07, 6.45) is -0.394. The third-order valence-corrected chi connectivity index (χ3v) is 5.27. The summed E-state index contributed by atoms with van der Waals surface area (Å²) in [5.74, 6) is 1.13. The number of aryl methyl sites for hydroxylation is 3. The standard InChI is InChI=1S/C18H20OS/c1-11-4-6-14(7-5-11)15-10-20-16-9-12(2)8-13(3)17(16)18(15)19/h4-9,15,18-19H,10H2,1-3H3. The predicted molar refractivity (Wildman–Crippen MR) is 85.5 cm³/mol. The van der Waals surface area contributed by atoms with Crippen LogP contribution in [0.5, 0.6) is 0 Å². The zero-order chi connectivity index (χ0) is 14.3. The molecule has 0 bridgehead atoms. The van der Waals surface area contributed by atoms with Crippen LogP contribution in [-0.4, -0.2) is 10.9 Å². The molecule has 104 valence electrons. The average Bonchev–Trinajstić information content (AvgIpc) is 2.39. The van der Waals surface area contributed by atoms with Crippen molar-refractivity contribution in [3.8, 4) is 0 Å². The second kappa shape index (κ2) is 5.27. The van der Waals surface area contributed by atoms with Gasteiger partial charge in [-0.25, -0.2) is 0 Å². The highest BCUT2D eigenvalue weighted by atomic mass is 32.2. The topological polar surface area (TPSA) is 20.2 Å². The lowest BCUT2D eigenvalue weighted by Crippen LogP contribution is -2.19. The van der Waals surface area contributed by atoms with Crippen molar-refractivity contribution in [1.82, 2.24) is 0 Å². The van der Waals surface area contributed by atoms with E-state index in [1.54, 1.807) is 0 Å². The fourth-order valence-electron chi connectivity index (χ4n) is 3.00. The molecule has 0 aromatic heterocycles. The number of aliphatic hydroxyl groups is 1. The average molecular weight is 284 g/mol. The maximum absolute atomic E-state index is 10.8. The van der Waals surface area contributed by atoms with E-state index >= 15 is 0 Å². The van der Waals surface area contributed by atoms with E-state index in [0.29, 0.717) is 0 Å². The molecule has 2 unspecified atom stereocenters. The van der Waals surface area contributed by atoms with Gasteiger partial charge >= 0.3 is 0 Å². The minimum absolute atomic E-state index is 0.189. The third-order valence-electron chi connectivity index (χ3n) is 4.09. The number of hydrogen-bond acceptors (Lipinski definition) is 2. The molecule has 2 aromatic rings. The maximum Gasteiger partial charge on any atom is 0.0879 e. The van der Waals surface area contributed by atoms with Gasteiger partial charge in [-0.15, -0.1) is 11.8 Å². The van der Waals surface area contributed by atoms with Gasteiger partial charge in [0.2, 0.25) is 0 Å². The first-order valence-electron chi connectivity index (χ1n) is 7.05. The van der Waals surface area contributed by atoms with Crippen molar-refractivity contribution in [2.45, 2.75) is 37.7 Å². The Bertz CT molecular complexity index is 631. The zero-order valence-corrected chi connectivity index (χ0v) is 13.0. The van der Waals surface area contributed by atoms with Gasteiger partial charge < -0.3 is 5.11 Å². The molecule has 1 heterocycles. The number of rotatable bonds is 1. The van der Waals surface area contributed by atoms with Crippen LogP contribution in [0.4, 0.5) is 0 Å². The predicted octanol–water partition coefficient (Wildman–Crippen LogP) is 4.53. The molecule has 2 aromatic carbocycles. The van der Waals surface area contributed by atoms with E-state index in [1.165, 1.54) is 27.1 Å². The first-order chi connectivity index (χ1) is 9.56. The van der Waals surface area contributed by atoms with Crippen molar-refractivity contribution in [2.24, 2.45) is 0 Å². The zero-order valence-electron chi connectivity index (χ0n) is 12.2. The molecule has 0 radical (unpaired) electrons. The molecule has 2 atom stereocenters. The molecule has 0 saturated carbocycles. The molecule has 2 heteroatoms. The quantitative estimate of drug-likeness (QED) is 0.830. The van der Waals surface area contributed by atoms with E-state index < -0.39 is 6.10 Å². The number of thioether (sulfide) groups is 1. The number of aliphatic hydroxyl groups excluding tert-OH is 1. The second-order valence-electron chi connectivity index (χ2n) is 5.77. The Morgan fingerprint density at radius 2 is 1.70 bits per heavy atom. The summed E-state index contributed by atoms with van der Waals surface area (Å²) in [6, 6.07) is 12.9. The maximum atomic E-state index is 10.8. The third kappa shape index (κ3) is 2.38. The van der Waals surface area contributed by atoms with Crippen molar-refractivity contribution in [3.63, 3.8) is 0 Å². The normalized spacial score (nSPS) is 21.6. The summed E-state index contributed by atoms with van der Waals surface area (Å²) in [5.41, 5.74) is 6.10. The Hall–Kier alpha value is -1.25. The molecule has 0 fully saturated rings. The summed E-state index contributed by atoms with van der Waals surface area (Å²) in [4.78, 5) is 1.25. The molecule has 1 aliphatic rings. The fraction of sp³-hybridized carbons (Fsp3) is 0.333. The molecule has 20 heavy (non-hydrogen) atoms. The van der Waals surface area contributed by atoms with Gasteiger partial charge in [-0.3, -0.25) is 0 Å². The fourth-order valence-corrected chi connectivity index (χ4v) is 4.44. The Morgan fingerprint density at radius 3 is 2.40 bits per heavy atom. The molecule has 1 nitrogen and oxygen atoms in total. The van der Waals surface area contributed by atoms with Crippen molar-refractivity contribution in [1.29, 1.82) is 0 Å². The van der Waals surface area contributed by atoms with Crippen molar-refractivity contribution in [3.05, 3.63) is 64.2 Å². The van der Waals surface area contributed by atoms with Crippen LogP contribution in [0.15, 0.2) is 41.3 Å². The number of hydrogen-bond donors (Lipinski definition) is 1. The molecule has 0 spiro atoms. The van der Waals surface area contributed by atoms with E-state index in [9.17, 15) is 5.11 Å². The van der Waals surface area contributed by atoms with E-state index in [2.05, 4.69) is 57.2 Å². The first-order valence-corrected chi connectivity index (χ1v) is 8.03. The lowest BCUT2D eigenvalue weighted by molar-refractivity contribution is 0.147. The van der Waals surface area contributed by atoms with Gasteiger partial charge in [-0.2, -0.15) is 0 Å². The SMILES string of the molecule is Cc1ccc(C2CSc3cc(C)cc(C)c3C2O)cc1. The summed E-state index contributed by atoms with van der Waals surface area (Å²) in [6.45, 7) is 6.32. The summed E-state index contributed by atoms with van der Waals surface area (Å²) in [7, 11) is 0. The highest BCUT2D eigenvalue weighted by molar-refractivity contribution is 7.99. The van der Waals surface area contributed by atoms with E-state index in [0.717, 1.165) is 11.3 Å². The number of fused-ring (bicyclic) bond motifs is 1. The summed E-state index contributed by atoms with van der Waals surface area (Å²) < 4.78 is 0. The molecular weight excluding hydrogens is 264 g/mol. The van der Waals surface area contributed by atoms with E-state index in [4.69, 9.17) is 0 Å². The Balaban J connectivity index is 2.00. The van der Waals surface area contributed by atoms with Gasteiger partial charge in [0.05, 0.1) is 6.10 Å². The minimum atomic E-state index is -0.394. The molecule has 1 aliphatic heterocycles. The monoisotopic (exact) mass is 284 g/mol. The van der Waals surface area contributed by atoms with Crippen LogP contribution in [0.3, 0.4) is 0 Å². The highest BCUT2D eigenvalue weighted by Crippen LogP contribution is 2.46. The number of benzene rings is 2. The van der Waals surface area contributed by atoms with Crippen LogP contribution in [0.1, 0.15) is 39.8 Å². The Kier molecular flexibility index (Phi) is 3.61. The lowest BCUT2D eigenvalue weighted by Gasteiger charge is -2.31. The summed E-state index contributed by atoms with van der Waals surface area (Å²) >= 11 is 1.87. The molecule has 1 N–H and O–H groups in total. The van der Waals surface area contributed by atoms with Gasteiger partial charge in [-0.1, -0.05) is 35.9 Å². The van der Waals surface area contributed by atoms with Crippen molar-refractivity contribution < 1.29 is 5.11 Å². The van der Waals surface area contributed by atoms with Crippen LogP contribution in [0, 0.1) is 20.8 Å². The second-order valence-corrected chi connectivity index (χ2v) is 6.83. The smallest absolute Gasteiger partial charge is 0.0879 e. The van der Waals surface area contributed by atoms with Crippen LogP contribution in [-0.2, 0) is 0 Å². The molecule has 0 aliphatic carbocycles. The van der Waals surface area contributed by atoms with Gasteiger partial charge in [-0.05, 0) is 49.1 Å². The van der Waals surface area contributed by atoms with Crippen molar-refractivity contribution >= 4 is 11.8 Å². The molecule has 3 rings (SSSR count). The highest BCUT2D eigenvalue weighted by Gasteiger charge is 2.30. The summed E-state index contributed by atoms with van der Waals surface area (Å²) in [5, 5.41) is 10.8. The van der Waals surface area contributed by atoms with Crippen LogP contribution >= 0.6 is 11.8 Å². The minimum Gasteiger partial charge on any atom is -0.388 e. The first kappa shape index (κ1) is 13.7. The van der Waals surface area contributed by atoms with Crippen LogP contribution < -0.4 is 0 Å². The van der Waals surface area contributed by atoms with Gasteiger partial charge in [0.25, 0.3) is 0 Å². The molecular formula is C18H20OS. The van der Waals surface area contributed by atoms with E-state index in [1.807, 2.05) is 11.8 Å². The van der Waals surface area contributed by atoms with E-state index in [-0.39, 0.29) is 5.92 Å². The van der Waals surface area contributed by atoms with Gasteiger partial charge in [0.1, 0.15) is 0 Å². The Labute approximate surface area is 125 Å². The molecule has 0 saturated heterocycles. The Morgan fingerprint density at radius 1 is 1.00 bits per heavy atom. The molecule has 0 amide bonds. The van der Waals surface area contributed by atoms with Crippen LogP contribution in [0.2, 0.25) is 0 Å². The van der Waals surface area contributed by atoms with Gasteiger partial charge in [0.15, 0.2) is 0 Å².